The van der Waals surface area contributed by atoms with Crippen LogP contribution in [0.1, 0.15) is 46.5 Å². The number of hydrogen-bond acceptors (Lipinski definition) is 9. The number of carbonyl (C=O) groups excluding carboxylic acids is 1. The van der Waals surface area contributed by atoms with Crippen LogP contribution in [-0.2, 0) is 9.53 Å². The average Bonchev–Trinajstić information content (AvgIpc) is 3.43. The molecule has 10 nitrogen and oxygen atoms in total. The highest BCUT2D eigenvalue weighted by atomic mass is 16.6. The van der Waals surface area contributed by atoms with Gasteiger partial charge in [-0.3, -0.25) is 4.79 Å². The summed E-state index contributed by atoms with van der Waals surface area (Å²) in [6, 6.07) is 7.45. The number of aromatic nitrogens is 4. The molecule has 5 rings (SSSR count). The molecule has 4 heterocycles. The Morgan fingerprint density at radius 2 is 2.05 bits per heavy atom. The molecule has 1 N–H and O–H groups in total. The van der Waals surface area contributed by atoms with E-state index in [0.717, 1.165) is 24.0 Å². The van der Waals surface area contributed by atoms with Crippen molar-refractivity contribution in [2.75, 3.05) is 25.1 Å². The molecule has 4 aromatic rings. The van der Waals surface area contributed by atoms with Crippen LogP contribution in [0.25, 0.3) is 28.1 Å². The van der Waals surface area contributed by atoms with Crippen LogP contribution < -0.4 is 9.64 Å². The lowest BCUT2D eigenvalue weighted by Crippen LogP contribution is -2.36. The Morgan fingerprint density at radius 1 is 1.24 bits per heavy atom. The number of carbonyl (C=O) groups is 1. The van der Waals surface area contributed by atoms with E-state index in [4.69, 9.17) is 13.9 Å². The van der Waals surface area contributed by atoms with E-state index in [0.29, 0.717) is 48.0 Å². The average molecular weight is 508 g/mol. The second kappa shape index (κ2) is 10.0. The van der Waals surface area contributed by atoms with Gasteiger partial charge < -0.3 is 23.9 Å². The van der Waals surface area contributed by atoms with Crippen LogP contribution in [-0.4, -0.2) is 62.6 Å². The third-order valence-corrected chi connectivity index (χ3v) is 6.38. The molecule has 0 amide bonds. The van der Waals surface area contributed by atoms with Gasteiger partial charge in [-0.05, 0) is 64.2 Å². The first-order chi connectivity index (χ1) is 17.7. The van der Waals surface area contributed by atoms with Gasteiger partial charge in [0.1, 0.15) is 28.8 Å². The lowest BCUT2D eigenvalue weighted by atomic mass is 9.80. The molecule has 4 aromatic heterocycles. The third-order valence-electron chi connectivity index (χ3n) is 6.38. The van der Waals surface area contributed by atoms with Crippen LogP contribution in [0.15, 0.2) is 41.1 Å². The van der Waals surface area contributed by atoms with Crippen molar-refractivity contribution in [1.29, 1.82) is 0 Å². The second-order valence-electron chi connectivity index (χ2n) is 10.6. The molecule has 0 saturated heterocycles. The number of anilines is 1. The quantitative estimate of drug-likeness (QED) is 0.332. The molecular weight excluding hydrogens is 474 g/mol. The normalized spacial score (nSPS) is 17.6. The number of furan rings is 1. The predicted molar refractivity (Wildman–Crippen MR) is 139 cm³/mol. The van der Waals surface area contributed by atoms with Crippen molar-refractivity contribution >= 4 is 28.4 Å². The van der Waals surface area contributed by atoms with Crippen molar-refractivity contribution in [2.45, 2.75) is 58.2 Å². The topological polar surface area (TPSA) is 115 Å². The molecule has 196 valence electrons. The Labute approximate surface area is 215 Å². The molecule has 0 atom stereocenters. The minimum absolute atomic E-state index is 0.0126. The van der Waals surface area contributed by atoms with E-state index in [9.17, 15) is 9.90 Å². The molecule has 0 aliphatic heterocycles. The summed E-state index contributed by atoms with van der Waals surface area (Å²) in [5, 5.41) is 14.7. The smallest absolute Gasteiger partial charge is 0.306 e. The molecule has 0 bridgehead atoms. The van der Waals surface area contributed by atoms with E-state index in [-0.39, 0.29) is 24.6 Å². The number of hydrogen-bond donors (Lipinski definition) is 1. The van der Waals surface area contributed by atoms with Crippen molar-refractivity contribution in [3.8, 4) is 17.3 Å². The molecule has 0 aromatic carbocycles. The van der Waals surface area contributed by atoms with Gasteiger partial charge in [0.25, 0.3) is 0 Å². The zero-order valence-electron chi connectivity index (χ0n) is 21.7. The van der Waals surface area contributed by atoms with Gasteiger partial charge in [-0.15, -0.1) is 5.10 Å². The molecule has 1 aliphatic carbocycles. The van der Waals surface area contributed by atoms with Gasteiger partial charge in [-0.25, -0.2) is 14.5 Å². The molecule has 0 spiro atoms. The summed E-state index contributed by atoms with van der Waals surface area (Å²) < 4.78 is 19.4. The number of ether oxygens (including phenoxy) is 2. The van der Waals surface area contributed by atoms with E-state index in [1.165, 1.54) is 0 Å². The maximum Gasteiger partial charge on any atom is 0.306 e. The minimum Gasteiger partial charge on any atom is -0.473 e. The monoisotopic (exact) mass is 507 g/mol. The first kappa shape index (κ1) is 25.0. The Kier molecular flexibility index (Phi) is 6.76. The number of aliphatic hydroxyl groups is 1. The zero-order chi connectivity index (χ0) is 26.2. The fraction of sp³-hybridized carbons (Fsp3) is 0.481. The van der Waals surface area contributed by atoms with Gasteiger partial charge in [-0.1, -0.05) is 0 Å². The Hall–Kier alpha value is -3.66. The number of nitrogens with zero attached hydrogens (tertiary/aromatic N) is 5. The van der Waals surface area contributed by atoms with Crippen LogP contribution >= 0.6 is 0 Å². The van der Waals surface area contributed by atoms with Gasteiger partial charge in [0.05, 0.1) is 11.6 Å². The Morgan fingerprint density at radius 3 is 2.81 bits per heavy atom. The highest BCUT2D eigenvalue weighted by molar-refractivity contribution is 5.91. The van der Waals surface area contributed by atoms with Crippen LogP contribution in [0.3, 0.4) is 0 Å². The minimum atomic E-state index is -0.466. The van der Waals surface area contributed by atoms with E-state index in [2.05, 4.69) is 15.1 Å². The molecule has 1 fully saturated rings. The van der Waals surface area contributed by atoms with Gasteiger partial charge in [-0.2, -0.15) is 0 Å². The van der Waals surface area contributed by atoms with Gasteiger partial charge in [0, 0.05) is 38.9 Å². The van der Waals surface area contributed by atoms with E-state index < -0.39 is 5.60 Å². The fourth-order valence-corrected chi connectivity index (χ4v) is 4.61. The first-order valence-electron chi connectivity index (χ1n) is 12.6. The van der Waals surface area contributed by atoms with Crippen molar-refractivity contribution in [3.63, 3.8) is 0 Å². The Balaban J connectivity index is 1.30. The molecule has 1 aliphatic rings. The maximum atomic E-state index is 12.1. The summed E-state index contributed by atoms with van der Waals surface area (Å²) in [5.41, 5.74) is 1.63. The van der Waals surface area contributed by atoms with Crippen molar-refractivity contribution in [2.24, 2.45) is 5.92 Å². The summed E-state index contributed by atoms with van der Waals surface area (Å²) in [6.07, 6.45) is 6.10. The largest absolute Gasteiger partial charge is 0.473 e. The van der Waals surface area contributed by atoms with Gasteiger partial charge in [0.15, 0.2) is 11.4 Å². The highest BCUT2D eigenvalue weighted by Gasteiger charge is 2.34. The van der Waals surface area contributed by atoms with Gasteiger partial charge >= 0.3 is 5.97 Å². The summed E-state index contributed by atoms with van der Waals surface area (Å²) in [5.74, 6) is 2.01. The lowest BCUT2D eigenvalue weighted by molar-refractivity contribution is -0.157. The molecule has 10 heteroatoms. The molecule has 1 saturated carbocycles. The Bertz CT molecular complexity index is 1400. The summed E-state index contributed by atoms with van der Waals surface area (Å²) >= 11 is 0. The summed E-state index contributed by atoms with van der Waals surface area (Å²) in [7, 11) is 1.95. The van der Waals surface area contributed by atoms with E-state index in [1.807, 2.05) is 57.0 Å². The van der Waals surface area contributed by atoms with E-state index >= 15 is 0 Å². The second-order valence-corrected chi connectivity index (χ2v) is 10.6. The zero-order valence-corrected chi connectivity index (χ0v) is 21.7. The predicted octanol–water partition coefficient (Wildman–Crippen LogP) is 4.25. The third kappa shape index (κ3) is 5.53. The van der Waals surface area contributed by atoms with Crippen molar-refractivity contribution in [3.05, 3.63) is 36.7 Å². The van der Waals surface area contributed by atoms with Crippen molar-refractivity contribution < 1.29 is 23.8 Å². The highest BCUT2D eigenvalue weighted by Crippen LogP contribution is 2.35. The lowest BCUT2D eigenvalue weighted by Gasteiger charge is -2.34. The van der Waals surface area contributed by atoms with Crippen LogP contribution in [0, 0.1) is 5.92 Å². The summed E-state index contributed by atoms with van der Waals surface area (Å²) in [4.78, 5) is 23.1. The SMILES string of the molecule is CN(CCCO)c1nccc2oc(-c3cnc4ccc(OC5CC(CC(=O)OC(C)(C)C)C5)nn34)cc12. The molecular formula is C27H33N5O5. The number of imidazole rings is 1. The maximum absolute atomic E-state index is 12.1. The standard InChI is InChI=1S/C27H33N5O5/c1-27(2,3)37-25(34)14-17-12-18(13-17)35-24-7-6-23-29-16-20(32(23)30-24)22-15-19-21(36-22)8-9-28-26(19)31(4)10-5-11-33/h6-9,15-18,33H,5,10-14H2,1-4H3. The number of esters is 1. The van der Waals surface area contributed by atoms with E-state index in [1.54, 1.807) is 16.9 Å². The number of pyridine rings is 1. The summed E-state index contributed by atoms with van der Waals surface area (Å²) in [6.45, 7) is 6.44. The van der Waals surface area contributed by atoms with Crippen LogP contribution in [0.4, 0.5) is 5.82 Å². The number of rotatable bonds is 9. The first-order valence-corrected chi connectivity index (χ1v) is 12.6. The molecule has 0 radical (unpaired) electrons. The number of aliphatic hydroxyl groups excluding tert-OH is 1. The van der Waals surface area contributed by atoms with Crippen LogP contribution in [0.2, 0.25) is 0 Å². The van der Waals surface area contributed by atoms with Crippen molar-refractivity contribution in [1.82, 2.24) is 19.6 Å². The fourth-order valence-electron chi connectivity index (χ4n) is 4.61. The van der Waals surface area contributed by atoms with Gasteiger partial charge in [0.2, 0.25) is 5.88 Å². The van der Waals surface area contributed by atoms with Crippen LogP contribution in [0.5, 0.6) is 5.88 Å². The molecule has 37 heavy (non-hydrogen) atoms. The number of fused-ring (bicyclic) bond motifs is 2. The molecule has 0 unspecified atom stereocenters.